The molecule has 1 fully saturated rings. The Morgan fingerprint density at radius 2 is 1.93 bits per heavy atom. The third-order valence-electron chi connectivity index (χ3n) is 5.29. The highest BCUT2D eigenvalue weighted by atomic mass is 35.5. The molecule has 6 nitrogen and oxygen atoms in total. The molecule has 0 aliphatic heterocycles. The fourth-order valence-electron chi connectivity index (χ4n) is 3.46. The molecule has 156 valence electrons. The molecular formula is C20H33ClO6. The van der Waals surface area contributed by atoms with Crippen LogP contribution in [-0.4, -0.2) is 57.4 Å². The summed E-state index contributed by atoms with van der Waals surface area (Å²) in [5.41, 5.74) is -3.47. The van der Waals surface area contributed by atoms with Gasteiger partial charge in [-0.05, 0) is 44.9 Å². The van der Waals surface area contributed by atoms with E-state index in [1.165, 1.54) is 19.3 Å². The van der Waals surface area contributed by atoms with Crippen LogP contribution in [-0.2, 0) is 14.3 Å². The second-order valence-corrected chi connectivity index (χ2v) is 7.69. The number of ketones is 1. The maximum absolute atomic E-state index is 12.2. The smallest absolute Gasteiger partial charge is 0.305 e. The van der Waals surface area contributed by atoms with Gasteiger partial charge in [-0.25, -0.2) is 0 Å². The fourth-order valence-corrected chi connectivity index (χ4v) is 3.65. The van der Waals surface area contributed by atoms with E-state index in [0.29, 0.717) is 31.6 Å². The van der Waals surface area contributed by atoms with E-state index in [1.807, 2.05) is 0 Å². The van der Waals surface area contributed by atoms with E-state index in [-0.39, 0.29) is 31.0 Å². The lowest BCUT2D eigenvalue weighted by Gasteiger charge is -2.34. The summed E-state index contributed by atoms with van der Waals surface area (Å²) in [5.74, 6) is -0.0709. The van der Waals surface area contributed by atoms with Crippen LogP contribution in [0.25, 0.3) is 0 Å². The molecule has 0 unspecified atom stereocenters. The lowest BCUT2D eigenvalue weighted by atomic mass is 9.80. The van der Waals surface area contributed by atoms with E-state index >= 15 is 0 Å². The number of Topliss-reactive ketones (excluding diaryl/α,β-unsaturated/α-hetero) is 1. The maximum atomic E-state index is 12.2. The molecule has 1 aliphatic rings. The standard InChI is InChI=1S/C20H33ClO6/c1-27-18(24)9-4-2-3-6-12-20(26)17(23)11-14-19(20,25)13-10-16(22)8-5-7-15-21/h10,13,16,22,25-26H,2-9,11-12,14-15H2,1H3/t16-,19+,20+/m1/s1. The summed E-state index contributed by atoms with van der Waals surface area (Å²) >= 11 is 5.61. The number of unbranched alkanes of at least 4 members (excludes halogenated alkanes) is 4. The lowest BCUT2D eigenvalue weighted by molar-refractivity contribution is -0.151. The van der Waals surface area contributed by atoms with Gasteiger partial charge in [-0.3, -0.25) is 9.59 Å². The van der Waals surface area contributed by atoms with Crippen molar-refractivity contribution >= 4 is 23.4 Å². The molecule has 0 radical (unpaired) electrons. The van der Waals surface area contributed by atoms with Crippen molar-refractivity contribution in [2.75, 3.05) is 13.0 Å². The molecule has 0 heterocycles. The largest absolute Gasteiger partial charge is 0.469 e. The first-order chi connectivity index (χ1) is 12.8. The van der Waals surface area contributed by atoms with Gasteiger partial charge in [0.2, 0.25) is 0 Å². The average molecular weight is 405 g/mol. The maximum Gasteiger partial charge on any atom is 0.305 e. The van der Waals surface area contributed by atoms with Crippen LogP contribution < -0.4 is 0 Å². The molecule has 1 aliphatic carbocycles. The Bertz CT molecular complexity index is 509. The van der Waals surface area contributed by atoms with Crippen molar-refractivity contribution in [2.45, 2.75) is 87.9 Å². The Morgan fingerprint density at radius 3 is 2.59 bits per heavy atom. The van der Waals surface area contributed by atoms with Crippen LogP contribution in [0.15, 0.2) is 12.2 Å². The van der Waals surface area contributed by atoms with Crippen LogP contribution in [0.3, 0.4) is 0 Å². The van der Waals surface area contributed by atoms with E-state index in [1.54, 1.807) is 0 Å². The van der Waals surface area contributed by atoms with Gasteiger partial charge in [0.15, 0.2) is 11.4 Å². The Hall–Kier alpha value is -0.950. The topological polar surface area (TPSA) is 104 Å². The van der Waals surface area contributed by atoms with Crippen molar-refractivity contribution in [1.29, 1.82) is 0 Å². The van der Waals surface area contributed by atoms with Gasteiger partial charge in [-0.15, -0.1) is 11.6 Å². The fraction of sp³-hybridized carbons (Fsp3) is 0.800. The molecule has 0 aromatic heterocycles. The van der Waals surface area contributed by atoms with Crippen molar-refractivity contribution in [3.8, 4) is 0 Å². The Labute approximate surface area is 166 Å². The van der Waals surface area contributed by atoms with E-state index in [9.17, 15) is 24.9 Å². The summed E-state index contributed by atoms with van der Waals surface area (Å²) < 4.78 is 4.58. The Balaban J connectivity index is 2.53. The number of carbonyl (C=O) groups is 2. The highest BCUT2D eigenvalue weighted by molar-refractivity contribution is 6.17. The van der Waals surface area contributed by atoms with E-state index in [2.05, 4.69) is 4.74 Å². The van der Waals surface area contributed by atoms with Crippen molar-refractivity contribution in [1.82, 2.24) is 0 Å². The monoisotopic (exact) mass is 404 g/mol. The van der Waals surface area contributed by atoms with Crippen LogP contribution in [0.1, 0.15) is 70.6 Å². The van der Waals surface area contributed by atoms with Crippen LogP contribution >= 0.6 is 11.6 Å². The summed E-state index contributed by atoms with van der Waals surface area (Å²) in [4.78, 5) is 23.3. The molecule has 3 N–H and O–H groups in total. The summed E-state index contributed by atoms with van der Waals surface area (Å²) in [5, 5.41) is 31.7. The van der Waals surface area contributed by atoms with Crippen molar-refractivity contribution < 1.29 is 29.6 Å². The molecule has 0 bridgehead atoms. The molecule has 27 heavy (non-hydrogen) atoms. The zero-order valence-corrected chi connectivity index (χ0v) is 16.9. The SMILES string of the molecule is COC(=O)CCCCCC[C@]1(O)C(=O)CC[C@@]1(O)C=C[C@H](O)CCCCCl. The first-order valence-electron chi connectivity index (χ1n) is 9.77. The van der Waals surface area contributed by atoms with Crippen LogP contribution in [0.2, 0.25) is 0 Å². The predicted octanol–water partition coefficient (Wildman–Crippen LogP) is 2.65. The molecule has 0 aromatic rings. The minimum absolute atomic E-state index is 0.113. The third-order valence-corrected chi connectivity index (χ3v) is 5.55. The summed E-state index contributed by atoms with van der Waals surface area (Å²) in [6.45, 7) is 0. The average Bonchev–Trinajstić information content (AvgIpc) is 2.87. The number of rotatable bonds is 13. The number of hydrogen-bond acceptors (Lipinski definition) is 6. The van der Waals surface area contributed by atoms with Crippen molar-refractivity contribution in [3.63, 3.8) is 0 Å². The molecule has 0 aromatic carbocycles. The molecule has 0 amide bonds. The van der Waals surface area contributed by atoms with Gasteiger partial charge in [0.25, 0.3) is 0 Å². The molecule has 1 rings (SSSR count). The van der Waals surface area contributed by atoms with E-state index < -0.39 is 17.3 Å². The highest BCUT2D eigenvalue weighted by Gasteiger charge is 2.56. The van der Waals surface area contributed by atoms with E-state index in [4.69, 9.17) is 11.6 Å². The first-order valence-corrected chi connectivity index (χ1v) is 10.3. The Morgan fingerprint density at radius 1 is 1.22 bits per heavy atom. The first kappa shape index (κ1) is 24.1. The van der Waals surface area contributed by atoms with Crippen LogP contribution in [0.5, 0.6) is 0 Å². The van der Waals surface area contributed by atoms with E-state index in [0.717, 1.165) is 25.7 Å². The number of alkyl halides is 1. The number of carbonyl (C=O) groups excluding carboxylic acids is 2. The molecule has 0 spiro atoms. The normalized spacial score (nSPS) is 26.6. The third kappa shape index (κ3) is 7.18. The quantitative estimate of drug-likeness (QED) is 0.189. The molecule has 1 saturated carbocycles. The second kappa shape index (κ2) is 11.8. The van der Waals surface area contributed by atoms with Gasteiger partial charge in [0, 0.05) is 18.7 Å². The predicted molar refractivity (Wildman–Crippen MR) is 104 cm³/mol. The zero-order chi connectivity index (χ0) is 20.3. The highest BCUT2D eigenvalue weighted by Crippen LogP contribution is 2.41. The van der Waals surface area contributed by atoms with Gasteiger partial charge in [0.05, 0.1) is 13.2 Å². The number of aliphatic hydroxyl groups excluding tert-OH is 1. The number of aliphatic hydroxyl groups is 3. The minimum Gasteiger partial charge on any atom is -0.469 e. The number of halogens is 1. The van der Waals surface area contributed by atoms with Gasteiger partial charge in [0.1, 0.15) is 5.60 Å². The number of esters is 1. The Kier molecular flexibility index (Phi) is 10.5. The van der Waals surface area contributed by atoms with Gasteiger partial charge >= 0.3 is 5.97 Å². The molecule has 7 heteroatoms. The van der Waals surface area contributed by atoms with Crippen LogP contribution in [0.4, 0.5) is 0 Å². The van der Waals surface area contributed by atoms with Gasteiger partial charge in [-0.1, -0.05) is 25.0 Å². The lowest BCUT2D eigenvalue weighted by Crippen LogP contribution is -2.52. The molecule has 3 atom stereocenters. The molecule has 0 saturated heterocycles. The molecular weight excluding hydrogens is 372 g/mol. The summed E-state index contributed by atoms with van der Waals surface area (Å²) in [6, 6.07) is 0. The van der Waals surface area contributed by atoms with Crippen LogP contribution in [0, 0.1) is 0 Å². The van der Waals surface area contributed by atoms with Gasteiger partial charge in [-0.2, -0.15) is 0 Å². The van der Waals surface area contributed by atoms with Crippen molar-refractivity contribution in [2.24, 2.45) is 0 Å². The van der Waals surface area contributed by atoms with Gasteiger partial charge < -0.3 is 20.1 Å². The second-order valence-electron chi connectivity index (χ2n) is 7.31. The summed E-state index contributed by atoms with van der Waals surface area (Å²) in [6.07, 6.45) is 7.77. The van der Waals surface area contributed by atoms with Crippen molar-refractivity contribution in [3.05, 3.63) is 12.2 Å². The minimum atomic E-state index is -1.82. The zero-order valence-electron chi connectivity index (χ0n) is 16.2. The number of hydrogen-bond donors (Lipinski definition) is 3. The summed E-state index contributed by atoms with van der Waals surface area (Å²) in [7, 11) is 1.35. The number of ether oxygens (including phenoxy) is 1. The number of methoxy groups -OCH3 is 1.